The van der Waals surface area contributed by atoms with Crippen LogP contribution in [0.3, 0.4) is 0 Å². The van der Waals surface area contributed by atoms with Crippen LogP contribution in [0.1, 0.15) is 31.1 Å². The second kappa shape index (κ2) is 8.57. The summed E-state index contributed by atoms with van der Waals surface area (Å²) >= 11 is 0. The Labute approximate surface area is 166 Å². The van der Waals surface area contributed by atoms with Crippen LogP contribution in [0, 0.1) is 5.41 Å². The second-order valence-electron chi connectivity index (χ2n) is 7.72. The van der Waals surface area contributed by atoms with Crippen LogP contribution in [-0.2, 0) is 0 Å². The zero-order valence-corrected chi connectivity index (χ0v) is 16.4. The molecule has 0 aliphatic heterocycles. The third-order valence-corrected chi connectivity index (χ3v) is 3.89. The molecule has 0 fully saturated rings. The summed E-state index contributed by atoms with van der Waals surface area (Å²) in [6.07, 6.45) is 1.66. The van der Waals surface area contributed by atoms with Gasteiger partial charge in [0.1, 0.15) is 5.75 Å². The van der Waals surface area contributed by atoms with Gasteiger partial charge in [-0.3, -0.25) is 15.2 Å². The molecule has 28 heavy (non-hydrogen) atoms. The largest absolute Gasteiger partial charge is 0.439 e. The molecule has 1 N–H and O–H groups in total. The van der Waals surface area contributed by atoms with Gasteiger partial charge in [-0.25, -0.2) is 4.98 Å². The lowest BCUT2D eigenvalue weighted by Gasteiger charge is -2.32. The van der Waals surface area contributed by atoms with E-state index in [0.29, 0.717) is 23.7 Å². The lowest BCUT2D eigenvalue weighted by atomic mass is 9.96. The SMILES string of the molecule is CC(C)(C)CN(NC(=O)c1cccc(Oc2ccccn2)c1)c1ccccc1. The fraction of sp³-hybridized carbons (Fsp3) is 0.217. The molecule has 5 heteroatoms. The number of aromatic nitrogens is 1. The fourth-order valence-electron chi connectivity index (χ4n) is 2.69. The number of pyridine rings is 1. The number of hydrogen-bond donors (Lipinski definition) is 1. The molecular weight excluding hydrogens is 350 g/mol. The number of nitrogens with zero attached hydrogens (tertiary/aromatic N) is 2. The molecular formula is C23H25N3O2. The molecule has 0 aliphatic carbocycles. The molecule has 0 spiro atoms. The van der Waals surface area contributed by atoms with Crippen LogP contribution in [-0.4, -0.2) is 17.4 Å². The van der Waals surface area contributed by atoms with Gasteiger partial charge >= 0.3 is 0 Å². The average Bonchev–Trinajstić information content (AvgIpc) is 2.68. The molecule has 1 aromatic heterocycles. The smallest absolute Gasteiger partial charge is 0.269 e. The molecule has 144 valence electrons. The molecule has 2 aromatic carbocycles. The first-order valence-electron chi connectivity index (χ1n) is 9.23. The normalized spacial score (nSPS) is 11.0. The summed E-state index contributed by atoms with van der Waals surface area (Å²) in [5.41, 5.74) is 4.48. The summed E-state index contributed by atoms with van der Waals surface area (Å²) in [6.45, 7) is 7.08. The van der Waals surface area contributed by atoms with Crippen LogP contribution in [0.4, 0.5) is 5.69 Å². The van der Waals surface area contributed by atoms with Crippen molar-refractivity contribution >= 4 is 11.6 Å². The topological polar surface area (TPSA) is 54.5 Å². The standard InChI is InChI=1S/C23H25N3O2/c1-23(2,3)17-26(19-11-5-4-6-12-19)25-22(27)18-10-9-13-20(16-18)28-21-14-7-8-15-24-21/h4-16H,17H2,1-3H3,(H,25,27). The lowest BCUT2D eigenvalue weighted by Crippen LogP contribution is -2.46. The molecule has 0 aliphatic rings. The third kappa shape index (κ3) is 5.58. The van der Waals surface area contributed by atoms with Gasteiger partial charge in [0.2, 0.25) is 5.88 Å². The fourth-order valence-corrected chi connectivity index (χ4v) is 2.69. The van der Waals surface area contributed by atoms with Crippen molar-refractivity contribution in [3.63, 3.8) is 0 Å². The molecule has 1 amide bonds. The van der Waals surface area contributed by atoms with E-state index in [9.17, 15) is 4.79 Å². The quantitative estimate of drug-likeness (QED) is 0.611. The molecule has 0 bridgehead atoms. The van der Waals surface area contributed by atoms with Crippen LogP contribution >= 0.6 is 0 Å². The van der Waals surface area contributed by atoms with Crippen molar-refractivity contribution < 1.29 is 9.53 Å². The van der Waals surface area contributed by atoms with Crippen molar-refractivity contribution in [2.24, 2.45) is 5.41 Å². The number of carbonyl (C=O) groups is 1. The Morgan fingerprint density at radius 2 is 1.75 bits per heavy atom. The van der Waals surface area contributed by atoms with Crippen LogP contribution < -0.4 is 15.2 Å². The summed E-state index contributed by atoms with van der Waals surface area (Å²) in [6, 6.07) is 22.3. The number of rotatable bonds is 6. The van der Waals surface area contributed by atoms with Crippen molar-refractivity contribution in [1.29, 1.82) is 0 Å². The lowest BCUT2D eigenvalue weighted by molar-refractivity contribution is 0.0945. The van der Waals surface area contributed by atoms with Gasteiger partial charge in [-0.1, -0.05) is 51.1 Å². The monoisotopic (exact) mass is 375 g/mol. The number of carbonyl (C=O) groups excluding carboxylic acids is 1. The Kier molecular flexibility index (Phi) is 5.94. The highest BCUT2D eigenvalue weighted by Gasteiger charge is 2.19. The van der Waals surface area contributed by atoms with E-state index in [-0.39, 0.29) is 11.3 Å². The number of nitrogens with one attached hydrogen (secondary N) is 1. The second-order valence-corrected chi connectivity index (χ2v) is 7.72. The van der Waals surface area contributed by atoms with Crippen LogP contribution in [0.5, 0.6) is 11.6 Å². The van der Waals surface area contributed by atoms with E-state index < -0.39 is 0 Å². The van der Waals surface area contributed by atoms with Crippen LogP contribution in [0.25, 0.3) is 0 Å². The maximum absolute atomic E-state index is 12.9. The first kappa shape index (κ1) is 19.4. The number of anilines is 1. The summed E-state index contributed by atoms with van der Waals surface area (Å²) in [5, 5.41) is 1.88. The van der Waals surface area contributed by atoms with E-state index in [1.54, 1.807) is 36.5 Å². The summed E-state index contributed by atoms with van der Waals surface area (Å²) in [5.74, 6) is 0.853. The Bertz CT molecular complexity index is 906. The van der Waals surface area contributed by atoms with Crippen molar-refractivity contribution in [1.82, 2.24) is 10.4 Å². The van der Waals surface area contributed by atoms with E-state index in [0.717, 1.165) is 5.69 Å². The minimum atomic E-state index is -0.195. The summed E-state index contributed by atoms with van der Waals surface area (Å²) in [4.78, 5) is 17.0. The molecule has 0 atom stereocenters. The van der Waals surface area contributed by atoms with Gasteiger partial charge in [0.15, 0.2) is 0 Å². The molecule has 0 saturated carbocycles. The van der Waals surface area contributed by atoms with Crippen LogP contribution in [0.15, 0.2) is 79.0 Å². The zero-order chi connectivity index (χ0) is 20.0. The van der Waals surface area contributed by atoms with Gasteiger partial charge in [-0.2, -0.15) is 0 Å². The highest BCUT2D eigenvalue weighted by molar-refractivity contribution is 5.95. The van der Waals surface area contributed by atoms with Gasteiger partial charge in [0.05, 0.1) is 5.69 Å². The molecule has 0 radical (unpaired) electrons. The summed E-state index contributed by atoms with van der Waals surface area (Å²) in [7, 11) is 0. The number of ether oxygens (including phenoxy) is 1. The predicted molar refractivity (Wildman–Crippen MR) is 111 cm³/mol. The highest BCUT2D eigenvalue weighted by atomic mass is 16.5. The summed E-state index contributed by atoms with van der Waals surface area (Å²) < 4.78 is 5.73. The first-order chi connectivity index (χ1) is 13.4. The van der Waals surface area contributed by atoms with Crippen LogP contribution in [0.2, 0.25) is 0 Å². The van der Waals surface area contributed by atoms with Gasteiger partial charge in [0.25, 0.3) is 5.91 Å². The number of para-hydroxylation sites is 1. The van der Waals surface area contributed by atoms with Crippen molar-refractivity contribution in [3.8, 4) is 11.6 Å². The van der Waals surface area contributed by atoms with Crippen molar-refractivity contribution in [3.05, 3.63) is 84.6 Å². The number of amides is 1. The van der Waals surface area contributed by atoms with E-state index in [1.165, 1.54) is 0 Å². The average molecular weight is 375 g/mol. The van der Waals surface area contributed by atoms with E-state index in [1.807, 2.05) is 47.5 Å². The van der Waals surface area contributed by atoms with E-state index >= 15 is 0 Å². The molecule has 1 heterocycles. The highest BCUT2D eigenvalue weighted by Crippen LogP contribution is 2.22. The molecule has 3 rings (SSSR count). The van der Waals surface area contributed by atoms with E-state index in [4.69, 9.17) is 4.74 Å². The molecule has 3 aromatic rings. The van der Waals surface area contributed by atoms with Gasteiger partial charge < -0.3 is 4.74 Å². The van der Waals surface area contributed by atoms with Gasteiger partial charge in [-0.05, 0) is 41.8 Å². The molecule has 5 nitrogen and oxygen atoms in total. The number of benzene rings is 2. The predicted octanol–water partition coefficient (Wildman–Crippen LogP) is 5.07. The maximum atomic E-state index is 12.9. The number of hydrazine groups is 1. The minimum absolute atomic E-state index is 0.00700. The zero-order valence-electron chi connectivity index (χ0n) is 16.4. The Morgan fingerprint density at radius 3 is 2.43 bits per heavy atom. The first-order valence-corrected chi connectivity index (χ1v) is 9.23. The Morgan fingerprint density at radius 1 is 1.00 bits per heavy atom. The third-order valence-electron chi connectivity index (χ3n) is 3.89. The Balaban J connectivity index is 1.77. The van der Waals surface area contributed by atoms with Gasteiger partial charge in [-0.15, -0.1) is 0 Å². The Hall–Kier alpha value is -3.34. The van der Waals surface area contributed by atoms with E-state index in [2.05, 4.69) is 31.2 Å². The minimum Gasteiger partial charge on any atom is -0.439 e. The van der Waals surface area contributed by atoms with Crippen molar-refractivity contribution in [2.75, 3.05) is 11.6 Å². The van der Waals surface area contributed by atoms with Crippen molar-refractivity contribution in [2.45, 2.75) is 20.8 Å². The molecule has 0 unspecified atom stereocenters. The van der Waals surface area contributed by atoms with Gasteiger partial charge in [0, 0.05) is 24.4 Å². The number of hydrogen-bond acceptors (Lipinski definition) is 4. The molecule has 0 saturated heterocycles. The maximum Gasteiger partial charge on any atom is 0.269 e.